The summed E-state index contributed by atoms with van der Waals surface area (Å²) in [7, 11) is -3.42. The Morgan fingerprint density at radius 2 is 1.71 bits per heavy atom. The maximum atomic E-state index is 12.3. The second-order valence-electron chi connectivity index (χ2n) is 5.93. The van der Waals surface area contributed by atoms with Crippen molar-refractivity contribution in [2.75, 3.05) is 5.88 Å². The molecule has 0 saturated carbocycles. The van der Waals surface area contributed by atoms with Crippen LogP contribution in [-0.2, 0) is 16.4 Å². The molecule has 0 bridgehead atoms. The molecule has 1 aromatic rings. The highest BCUT2D eigenvalue weighted by atomic mass is 35.5. The average Bonchev–Trinajstić information content (AvgIpc) is 2.38. The summed E-state index contributed by atoms with van der Waals surface area (Å²) >= 11 is 5.67. The Balaban J connectivity index is 2.59. The van der Waals surface area contributed by atoms with Crippen molar-refractivity contribution in [3.8, 4) is 0 Å². The first kappa shape index (κ1) is 18.5. The van der Waals surface area contributed by atoms with Crippen LogP contribution in [0.25, 0.3) is 0 Å². The molecule has 1 rings (SSSR count). The van der Waals surface area contributed by atoms with E-state index < -0.39 is 10.0 Å². The Hall–Kier alpha value is -0.580. The topological polar surface area (TPSA) is 46.2 Å². The van der Waals surface area contributed by atoms with Crippen LogP contribution in [0, 0.1) is 5.92 Å². The van der Waals surface area contributed by atoms with E-state index in [-0.39, 0.29) is 6.04 Å². The molecule has 120 valence electrons. The summed E-state index contributed by atoms with van der Waals surface area (Å²) in [5, 5.41) is 0. The lowest BCUT2D eigenvalue weighted by molar-refractivity contribution is 0.488. The minimum absolute atomic E-state index is 0.0451. The second-order valence-corrected chi connectivity index (χ2v) is 8.02. The number of nitrogens with one attached hydrogen (secondary N) is 1. The van der Waals surface area contributed by atoms with E-state index in [2.05, 4.69) is 18.6 Å². The fraction of sp³-hybridized carbons (Fsp3) is 0.625. The van der Waals surface area contributed by atoms with Crippen molar-refractivity contribution in [2.45, 2.75) is 57.4 Å². The van der Waals surface area contributed by atoms with Crippen LogP contribution in [0.2, 0.25) is 0 Å². The lowest BCUT2D eigenvalue weighted by atomic mass is 10.0. The van der Waals surface area contributed by atoms with Crippen LogP contribution in [0.15, 0.2) is 29.2 Å². The third-order valence-corrected chi connectivity index (χ3v) is 5.19. The number of sulfonamides is 1. The molecule has 0 aromatic heterocycles. The van der Waals surface area contributed by atoms with Crippen molar-refractivity contribution >= 4 is 21.6 Å². The smallest absolute Gasteiger partial charge is 0.208 e. The average molecular weight is 332 g/mol. The largest absolute Gasteiger partial charge is 0.240 e. The van der Waals surface area contributed by atoms with Crippen molar-refractivity contribution in [2.24, 2.45) is 5.92 Å². The molecule has 1 unspecified atom stereocenters. The highest BCUT2D eigenvalue weighted by molar-refractivity contribution is 7.89. The normalized spacial score (nSPS) is 13.6. The molecule has 0 saturated heterocycles. The van der Waals surface area contributed by atoms with Gasteiger partial charge in [0.25, 0.3) is 0 Å². The zero-order chi connectivity index (χ0) is 15.9. The Kier molecular flexibility index (Phi) is 7.71. The molecule has 0 amide bonds. The number of hydrogen-bond acceptors (Lipinski definition) is 2. The molecule has 0 aliphatic carbocycles. The maximum Gasteiger partial charge on any atom is 0.240 e. The predicted octanol–water partition coefficient (Wildman–Crippen LogP) is 3.96. The van der Waals surface area contributed by atoms with E-state index in [1.165, 1.54) is 0 Å². The van der Waals surface area contributed by atoms with Crippen molar-refractivity contribution < 1.29 is 8.42 Å². The number of hydrogen-bond donors (Lipinski definition) is 1. The minimum atomic E-state index is -3.42. The van der Waals surface area contributed by atoms with E-state index >= 15 is 0 Å². The van der Waals surface area contributed by atoms with Gasteiger partial charge < -0.3 is 0 Å². The molecule has 1 atom stereocenters. The van der Waals surface area contributed by atoms with Gasteiger partial charge in [0.1, 0.15) is 0 Å². The van der Waals surface area contributed by atoms with Gasteiger partial charge >= 0.3 is 0 Å². The van der Waals surface area contributed by atoms with Crippen LogP contribution >= 0.6 is 11.6 Å². The monoisotopic (exact) mass is 331 g/mol. The zero-order valence-corrected chi connectivity index (χ0v) is 14.7. The molecule has 3 nitrogen and oxygen atoms in total. The molecule has 0 aliphatic heterocycles. The number of rotatable bonds is 9. The summed E-state index contributed by atoms with van der Waals surface area (Å²) < 4.78 is 27.3. The van der Waals surface area contributed by atoms with Crippen molar-refractivity contribution in [3.63, 3.8) is 0 Å². The van der Waals surface area contributed by atoms with E-state index in [9.17, 15) is 8.42 Å². The van der Waals surface area contributed by atoms with Gasteiger partial charge in [0.05, 0.1) is 4.90 Å². The zero-order valence-electron chi connectivity index (χ0n) is 13.1. The summed E-state index contributed by atoms with van der Waals surface area (Å²) in [6.07, 6.45) is 3.78. The molecule has 5 heteroatoms. The van der Waals surface area contributed by atoms with E-state index in [1.54, 1.807) is 12.1 Å². The highest BCUT2D eigenvalue weighted by Crippen LogP contribution is 2.14. The van der Waals surface area contributed by atoms with E-state index in [0.717, 1.165) is 31.2 Å². The summed E-state index contributed by atoms with van der Waals surface area (Å²) in [5.74, 6) is 1.19. The van der Waals surface area contributed by atoms with Crippen LogP contribution in [-0.4, -0.2) is 20.3 Å². The van der Waals surface area contributed by atoms with Crippen LogP contribution in [0.1, 0.15) is 45.6 Å². The summed E-state index contributed by atoms with van der Waals surface area (Å²) in [5.41, 5.74) is 1.05. The fourth-order valence-corrected chi connectivity index (χ4v) is 3.66. The lowest BCUT2D eigenvalue weighted by Crippen LogP contribution is -2.32. The minimum Gasteiger partial charge on any atom is -0.208 e. The first-order chi connectivity index (χ1) is 9.85. The Morgan fingerprint density at radius 1 is 1.10 bits per heavy atom. The van der Waals surface area contributed by atoms with E-state index in [1.807, 2.05) is 19.1 Å². The standard InChI is InChI=1S/C16H26ClNO2S/c1-13(2)5-4-6-14(3)18-21(19,20)16-9-7-15(8-10-16)11-12-17/h7-10,13-14,18H,4-6,11-12H2,1-3H3. The number of benzene rings is 1. The van der Waals surface area contributed by atoms with Crippen LogP contribution < -0.4 is 4.72 Å². The van der Waals surface area contributed by atoms with Gasteiger partial charge in [0, 0.05) is 11.9 Å². The van der Waals surface area contributed by atoms with Gasteiger partial charge in [-0.3, -0.25) is 0 Å². The first-order valence-electron chi connectivity index (χ1n) is 7.52. The predicted molar refractivity (Wildman–Crippen MR) is 89.3 cm³/mol. The Bertz CT molecular complexity index is 512. The van der Waals surface area contributed by atoms with Crippen molar-refractivity contribution in [3.05, 3.63) is 29.8 Å². The molecule has 0 heterocycles. The molecule has 1 N–H and O–H groups in total. The third-order valence-electron chi connectivity index (χ3n) is 3.39. The lowest BCUT2D eigenvalue weighted by Gasteiger charge is -2.15. The third kappa shape index (κ3) is 6.81. The van der Waals surface area contributed by atoms with Gasteiger partial charge in [-0.05, 0) is 43.4 Å². The van der Waals surface area contributed by atoms with Gasteiger partial charge in [-0.1, -0.05) is 38.8 Å². The van der Waals surface area contributed by atoms with Gasteiger partial charge in [-0.2, -0.15) is 0 Å². The maximum absolute atomic E-state index is 12.3. The number of aryl methyl sites for hydroxylation is 1. The number of alkyl halides is 1. The van der Waals surface area contributed by atoms with E-state index in [0.29, 0.717) is 16.7 Å². The fourth-order valence-electron chi connectivity index (χ4n) is 2.17. The molecule has 0 radical (unpaired) electrons. The second kappa shape index (κ2) is 8.76. The molecular formula is C16H26ClNO2S. The summed E-state index contributed by atoms with van der Waals surface area (Å²) in [6, 6.07) is 6.88. The van der Waals surface area contributed by atoms with Gasteiger partial charge in [-0.15, -0.1) is 11.6 Å². The highest BCUT2D eigenvalue weighted by Gasteiger charge is 2.17. The van der Waals surface area contributed by atoms with Gasteiger partial charge in [0.2, 0.25) is 10.0 Å². The first-order valence-corrected chi connectivity index (χ1v) is 9.54. The molecule has 0 aliphatic rings. The van der Waals surface area contributed by atoms with E-state index in [4.69, 9.17) is 11.6 Å². The summed E-state index contributed by atoms with van der Waals surface area (Å²) in [4.78, 5) is 0.316. The molecule has 0 spiro atoms. The van der Waals surface area contributed by atoms with Gasteiger partial charge in [-0.25, -0.2) is 13.1 Å². The summed E-state index contributed by atoms with van der Waals surface area (Å²) in [6.45, 7) is 6.27. The van der Waals surface area contributed by atoms with Crippen LogP contribution in [0.4, 0.5) is 0 Å². The SMILES string of the molecule is CC(C)CCCC(C)NS(=O)(=O)c1ccc(CCCl)cc1. The number of halogens is 1. The van der Waals surface area contributed by atoms with Gasteiger partial charge in [0.15, 0.2) is 0 Å². The quantitative estimate of drug-likeness (QED) is 0.696. The molecule has 0 fully saturated rings. The van der Waals surface area contributed by atoms with Crippen LogP contribution in [0.5, 0.6) is 0 Å². The molecule has 21 heavy (non-hydrogen) atoms. The van der Waals surface area contributed by atoms with Crippen LogP contribution in [0.3, 0.4) is 0 Å². The molecule has 1 aromatic carbocycles. The Labute approximate surface area is 134 Å². The van der Waals surface area contributed by atoms with Crippen molar-refractivity contribution in [1.82, 2.24) is 4.72 Å². The van der Waals surface area contributed by atoms with Crippen molar-refractivity contribution in [1.29, 1.82) is 0 Å². The Morgan fingerprint density at radius 3 is 2.24 bits per heavy atom. The molecular weight excluding hydrogens is 306 g/mol.